The predicted octanol–water partition coefficient (Wildman–Crippen LogP) is 1.30. The molecular formula is C10H24BLi. The normalized spacial score (nSPS) is 12.5. The molecule has 0 heterocycles. The molecular weight excluding hydrogens is 138 g/mol. The Hall–Kier alpha value is 0.662. The van der Waals surface area contributed by atoms with Crippen molar-refractivity contribution in [2.45, 2.75) is 65.8 Å². The van der Waals surface area contributed by atoms with Crippen LogP contribution in [-0.4, -0.2) is 6.15 Å². The van der Waals surface area contributed by atoms with E-state index in [-0.39, 0.29) is 25.0 Å². The molecule has 0 aromatic heterocycles. The van der Waals surface area contributed by atoms with E-state index in [1.807, 2.05) is 0 Å². The van der Waals surface area contributed by atoms with E-state index >= 15 is 0 Å². The first kappa shape index (κ1) is 15.1. The van der Waals surface area contributed by atoms with Gasteiger partial charge in [0, 0.05) is 6.15 Å². The molecule has 0 spiro atoms. The van der Waals surface area contributed by atoms with Crippen molar-refractivity contribution in [2.75, 3.05) is 0 Å². The summed E-state index contributed by atoms with van der Waals surface area (Å²) in [5.74, 6) is 0. The molecule has 2 heteroatoms. The Morgan fingerprint density at radius 2 is 1.08 bits per heavy atom. The van der Waals surface area contributed by atoms with Crippen LogP contribution in [0.3, 0.4) is 0 Å². The molecule has 0 nitrogen and oxygen atoms in total. The van der Waals surface area contributed by atoms with Crippen LogP contribution >= 0.6 is 0 Å². The Kier molecular flexibility index (Phi) is 6.82. The molecule has 0 atom stereocenters. The number of rotatable bonds is 3. The summed E-state index contributed by atoms with van der Waals surface area (Å²) in [7, 11) is 0. The fourth-order valence-corrected chi connectivity index (χ4v) is 2.70. The molecule has 0 fully saturated rings. The SMILES string of the molecule is CC[B-](CC)(CC)C(C)(C)C.[Li+]. The molecule has 0 amide bonds. The zero-order valence-electron chi connectivity index (χ0n) is 10.2. The third kappa shape index (κ3) is 2.86. The van der Waals surface area contributed by atoms with E-state index in [0.717, 1.165) is 0 Å². The minimum absolute atomic E-state index is 0. The van der Waals surface area contributed by atoms with E-state index in [4.69, 9.17) is 0 Å². The molecule has 0 unspecified atom stereocenters. The van der Waals surface area contributed by atoms with E-state index < -0.39 is 0 Å². The van der Waals surface area contributed by atoms with E-state index in [1.54, 1.807) is 0 Å². The van der Waals surface area contributed by atoms with Crippen LogP contribution in [0.5, 0.6) is 0 Å². The van der Waals surface area contributed by atoms with Crippen LogP contribution in [0.2, 0.25) is 24.3 Å². The van der Waals surface area contributed by atoms with Gasteiger partial charge in [0.2, 0.25) is 0 Å². The summed E-state index contributed by atoms with van der Waals surface area (Å²) in [4.78, 5) is 0. The standard InChI is InChI=1S/C10H24B.Li/c1-7-11(8-2,9-3)10(4,5)6;/h7-9H2,1-6H3;/q-1;+1. The minimum atomic E-state index is -0.104. The molecule has 0 saturated heterocycles. The van der Waals surface area contributed by atoms with Crippen molar-refractivity contribution < 1.29 is 18.9 Å². The van der Waals surface area contributed by atoms with Crippen LogP contribution in [0, 0.1) is 0 Å². The van der Waals surface area contributed by atoms with E-state index in [0.29, 0.717) is 5.31 Å². The molecule has 12 heavy (non-hydrogen) atoms. The fraction of sp³-hybridized carbons (Fsp3) is 1.00. The van der Waals surface area contributed by atoms with Gasteiger partial charge in [-0.05, 0) is 0 Å². The van der Waals surface area contributed by atoms with Gasteiger partial charge in [-0.15, -0.1) is 0 Å². The van der Waals surface area contributed by atoms with Crippen LogP contribution in [0.15, 0.2) is 0 Å². The molecule has 0 aromatic rings. The second-order valence-electron chi connectivity index (χ2n) is 5.07. The van der Waals surface area contributed by atoms with Gasteiger partial charge >= 0.3 is 18.9 Å². The fourth-order valence-electron chi connectivity index (χ4n) is 2.70. The second kappa shape index (κ2) is 5.40. The topological polar surface area (TPSA) is 0 Å². The first-order valence-corrected chi connectivity index (χ1v) is 5.13. The van der Waals surface area contributed by atoms with E-state index in [9.17, 15) is 0 Å². The van der Waals surface area contributed by atoms with Gasteiger partial charge < -0.3 is 0 Å². The summed E-state index contributed by atoms with van der Waals surface area (Å²) in [5, 5.41) is 0.526. The molecule has 0 radical (unpaired) electrons. The van der Waals surface area contributed by atoms with Crippen molar-refractivity contribution in [1.29, 1.82) is 0 Å². The Labute approximate surface area is 91.0 Å². The molecule has 0 aliphatic rings. The maximum Gasteiger partial charge on any atom is 1.00 e. The van der Waals surface area contributed by atoms with Crippen molar-refractivity contribution >= 4 is 6.15 Å². The molecule has 0 aliphatic carbocycles. The third-order valence-electron chi connectivity index (χ3n) is 4.18. The van der Waals surface area contributed by atoms with E-state index in [2.05, 4.69) is 41.5 Å². The Bertz CT molecular complexity index is 103. The van der Waals surface area contributed by atoms with Crippen LogP contribution in [-0.2, 0) is 0 Å². The maximum atomic E-state index is 2.39. The summed E-state index contributed by atoms with van der Waals surface area (Å²) in [5.41, 5.74) is 0. The summed E-state index contributed by atoms with van der Waals surface area (Å²) in [6, 6.07) is 0. The van der Waals surface area contributed by atoms with Crippen molar-refractivity contribution in [3.8, 4) is 0 Å². The predicted molar refractivity (Wildman–Crippen MR) is 56.9 cm³/mol. The van der Waals surface area contributed by atoms with Crippen molar-refractivity contribution in [1.82, 2.24) is 0 Å². The van der Waals surface area contributed by atoms with Gasteiger partial charge in [0.05, 0.1) is 0 Å². The average Bonchev–Trinajstić information content (AvgIpc) is 1.90. The van der Waals surface area contributed by atoms with E-state index in [1.165, 1.54) is 19.0 Å². The minimum Gasteiger partial charge on any atom is -0.181 e. The first-order valence-electron chi connectivity index (χ1n) is 5.13. The zero-order chi connectivity index (χ0) is 9.12. The van der Waals surface area contributed by atoms with Gasteiger partial charge in [-0.2, -0.15) is 24.3 Å². The smallest absolute Gasteiger partial charge is 0.181 e. The van der Waals surface area contributed by atoms with Crippen molar-refractivity contribution in [2.24, 2.45) is 0 Å². The monoisotopic (exact) mass is 162 g/mol. The van der Waals surface area contributed by atoms with Gasteiger partial charge in [0.25, 0.3) is 0 Å². The molecule has 0 aliphatic heterocycles. The van der Waals surface area contributed by atoms with Crippen molar-refractivity contribution in [3.05, 3.63) is 0 Å². The molecule has 0 aromatic carbocycles. The molecule has 68 valence electrons. The van der Waals surface area contributed by atoms with Gasteiger partial charge in [-0.3, -0.25) is 0 Å². The van der Waals surface area contributed by atoms with Gasteiger partial charge in [-0.25, -0.2) is 0 Å². The Balaban J connectivity index is 0. The van der Waals surface area contributed by atoms with Gasteiger partial charge in [-0.1, -0.05) is 41.5 Å². The second-order valence-corrected chi connectivity index (χ2v) is 5.07. The third-order valence-corrected chi connectivity index (χ3v) is 4.18. The maximum absolute atomic E-state index is 2.39. The average molecular weight is 162 g/mol. The van der Waals surface area contributed by atoms with Gasteiger partial charge in [0.15, 0.2) is 0 Å². The van der Waals surface area contributed by atoms with Crippen LogP contribution in [0.4, 0.5) is 0 Å². The summed E-state index contributed by atoms with van der Waals surface area (Å²) < 4.78 is 0. The van der Waals surface area contributed by atoms with Crippen molar-refractivity contribution in [3.63, 3.8) is 0 Å². The number of hydrogen-bond acceptors (Lipinski definition) is 0. The number of hydrogen-bond donors (Lipinski definition) is 0. The molecule has 0 saturated carbocycles. The van der Waals surface area contributed by atoms with Crippen LogP contribution < -0.4 is 18.9 Å². The molecule has 0 bridgehead atoms. The Morgan fingerprint density at radius 3 is 1.08 bits per heavy atom. The van der Waals surface area contributed by atoms with Crippen LogP contribution in [0.25, 0.3) is 0 Å². The largest absolute Gasteiger partial charge is 1.00 e. The zero-order valence-corrected chi connectivity index (χ0v) is 10.2. The summed E-state index contributed by atoms with van der Waals surface area (Å²) in [6.07, 6.45) is 4.01. The van der Waals surface area contributed by atoms with Crippen LogP contribution in [0.1, 0.15) is 41.5 Å². The summed E-state index contributed by atoms with van der Waals surface area (Å²) >= 11 is 0. The van der Waals surface area contributed by atoms with Gasteiger partial charge in [0.1, 0.15) is 0 Å². The molecule has 0 rings (SSSR count). The molecule has 0 N–H and O–H groups in total. The summed E-state index contributed by atoms with van der Waals surface area (Å²) in [6.45, 7) is 14.2. The first-order chi connectivity index (χ1) is 4.93. The quantitative estimate of drug-likeness (QED) is 0.548. The Morgan fingerprint density at radius 1 is 0.833 bits per heavy atom.